The van der Waals surface area contributed by atoms with Crippen molar-refractivity contribution < 1.29 is 4.79 Å². The van der Waals surface area contributed by atoms with Gasteiger partial charge < -0.3 is 10.6 Å². The largest absolute Gasteiger partial charge is 0.323 e. The molecule has 1 aromatic heterocycles. The molecular formula is C16H25ClN4O. The lowest BCUT2D eigenvalue weighted by molar-refractivity contribution is -0.118. The van der Waals surface area contributed by atoms with Crippen molar-refractivity contribution in [3.8, 4) is 0 Å². The number of anilines is 1. The van der Waals surface area contributed by atoms with Crippen LogP contribution < -0.4 is 10.6 Å². The Bertz CT molecular complexity index is 532. The van der Waals surface area contributed by atoms with E-state index in [1.54, 1.807) is 12.4 Å². The topological polar surface area (TPSA) is 66.9 Å². The Balaban J connectivity index is 0.00000176. The van der Waals surface area contributed by atoms with E-state index in [9.17, 15) is 4.79 Å². The van der Waals surface area contributed by atoms with Crippen LogP contribution in [-0.2, 0) is 10.2 Å². The van der Waals surface area contributed by atoms with Gasteiger partial charge in [0.25, 0.3) is 0 Å². The zero-order valence-corrected chi connectivity index (χ0v) is 14.3. The average Bonchev–Trinajstić information content (AvgIpc) is 3.13. The van der Waals surface area contributed by atoms with Crippen LogP contribution in [0.2, 0.25) is 0 Å². The number of aromatic nitrogens is 2. The van der Waals surface area contributed by atoms with Crippen LogP contribution in [-0.4, -0.2) is 29.0 Å². The monoisotopic (exact) mass is 324 g/mol. The Labute approximate surface area is 138 Å². The first-order chi connectivity index (χ1) is 9.91. The number of rotatable bonds is 2. The number of nitrogens with one attached hydrogen (secondary N) is 2. The van der Waals surface area contributed by atoms with Crippen LogP contribution in [0.4, 0.5) is 5.69 Å². The van der Waals surface area contributed by atoms with Gasteiger partial charge in [0.2, 0.25) is 5.91 Å². The Morgan fingerprint density at radius 3 is 2.41 bits per heavy atom. The van der Waals surface area contributed by atoms with Gasteiger partial charge in [0.05, 0.1) is 18.1 Å². The molecular weight excluding hydrogens is 300 g/mol. The van der Waals surface area contributed by atoms with Crippen LogP contribution >= 0.6 is 12.4 Å². The lowest BCUT2D eigenvalue weighted by Gasteiger charge is -2.23. The molecule has 1 saturated carbocycles. The normalized spacial score (nSPS) is 22.8. The average molecular weight is 325 g/mol. The first-order valence-corrected chi connectivity index (χ1v) is 7.75. The third kappa shape index (κ3) is 3.41. The van der Waals surface area contributed by atoms with E-state index < -0.39 is 0 Å². The molecule has 1 atom stereocenters. The highest BCUT2D eigenvalue weighted by molar-refractivity contribution is 5.94. The summed E-state index contributed by atoms with van der Waals surface area (Å²) in [6.45, 7) is 8.29. The van der Waals surface area contributed by atoms with Crippen LogP contribution in [0.5, 0.6) is 0 Å². The molecule has 0 bridgehead atoms. The smallest absolute Gasteiger partial charge is 0.228 e. The molecule has 0 radical (unpaired) electrons. The van der Waals surface area contributed by atoms with E-state index >= 15 is 0 Å². The maximum absolute atomic E-state index is 12.3. The molecule has 1 aromatic rings. The van der Waals surface area contributed by atoms with Crippen LogP contribution in [0.3, 0.4) is 0 Å². The van der Waals surface area contributed by atoms with E-state index in [-0.39, 0.29) is 35.1 Å². The minimum Gasteiger partial charge on any atom is -0.323 e. The molecule has 2 heterocycles. The second kappa shape index (κ2) is 6.13. The molecule has 2 fully saturated rings. The van der Waals surface area contributed by atoms with Gasteiger partial charge in [-0.05, 0) is 37.8 Å². The van der Waals surface area contributed by atoms with Crippen molar-refractivity contribution >= 4 is 24.0 Å². The summed E-state index contributed by atoms with van der Waals surface area (Å²) >= 11 is 0. The Morgan fingerprint density at radius 1 is 1.27 bits per heavy atom. The fraction of sp³-hybridized carbons (Fsp3) is 0.688. The third-order valence-electron chi connectivity index (χ3n) is 4.70. The highest BCUT2D eigenvalue weighted by atomic mass is 35.5. The van der Waals surface area contributed by atoms with Crippen molar-refractivity contribution in [2.24, 2.45) is 11.3 Å². The molecule has 3 rings (SSSR count). The quantitative estimate of drug-likeness (QED) is 0.877. The summed E-state index contributed by atoms with van der Waals surface area (Å²) in [6, 6.07) is 0. The molecule has 1 saturated heterocycles. The highest BCUT2D eigenvalue weighted by Crippen LogP contribution is 2.58. The summed E-state index contributed by atoms with van der Waals surface area (Å²) in [5, 5.41) is 6.33. The highest BCUT2D eigenvalue weighted by Gasteiger charge is 2.57. The standard InChI is InChI=1S/C16H24N4O.ClH/c1-15(2,3)14-18-9-11(10-19-14)20-13(21)12-8-16(12)4-6-17-7-5-16;/h9-10,12,17H,4-8H2,1-3H3,(H,20,21);1H. The number of carbonyl (C=O) groups is 1. The molecule has 6 heteroatoms. The number of hydrogen-bond acceptors (Lipinski definition) is 4. The van der Waals surface area contributed by atoms with Gasteiger partial charge in [-0.25, -0.2) is 9.97 Å². The predicted octanol–water partition coefficient (Wildman–Crippen LogP) is 2.52. The van der Waals surface area contributed by atoms with Crippen LogP contribution in [0.1, 0.15) is 45.9 Å². The SMILES string of the molecule is CC(C)(C)c1ncc(NC(=O)C2CC23CCNCC3)cn1.Cl. The summed E-state index contributed by atoms with van der Waals surface area (Å²) in [5.41, 5.74) is 0.892. The van der Waals surface area contributed by atoms with Crippen LogP contribution in [0.15, 0.2) is 12.4 Å². The third-order valence-corrected chi connectivity index (χ3v) is 4.70. The maximum atomic E-state index is 12.3. The van der Waals surface area contributed by atoms with E-state index in [1.165, 1.54) is 0 Å². The lowest BCUT2D eigenvalue weighted by Crippen LogP contribution is -2.31. The van der Waals surface area contributed by atoms with Gasteiger partial charge >= 0.3 is 0 Å². The van der Waals surface area contributed by atoms with Crippen molar-refractivity contribution in [1.82, 2.24) is 15.3 Å². The molecule has 2 N–H and O–H groups in total. The summed E-state index contributed by atoms with van der Waals surface area (Å²) in [6.07, 6.45) is 6.68. The van der Waals surface area contributed by atoms with E-state index in [1.807, 2.05) is 0 Å². The van der Waals surface area contributed by atoms with Gasteiger partial charge in [0, 0.05) is 11.3 Å². The Hall–Kier alpha value is -1.20. The maximum Gasteiger partial charge on any atom is 0.228 e. The second-order valence-electron chi connectivity index (χ2n) is 7.40. The van der Waals surface area contributed by atoms with Crippen molar-refractivity contribution in [3.05, 3.63) is 18.2 Å². The van der Waals surface area contributed by atoms with Crippen molar-refractivity contribution in [2.75, 3.05) is 18.4 Å². The fourth-order valence-corrected chi connectivity index (χ4v) is 3.20. The molecule has 1 aliphatic carbocycles. The van der Waals surface area contributed by atoms with Crippen molar-refractivity contribution in [2.45, 2.75) is 45.4 Å². The van der Waals surface area contributed by atoms with Crippen molar-refractivity contribution in [1.29, 1.82) is 0 Å². The molecule has 5 nitrogen and oxygen atoms in total. The first kappa shape index (κ1) is 17.2. The van der Waals surface area contributed by atoms with Crippen LogP contribution in [0.25, 0.3) is 0 Å². The minimum atomic E-state index is -0.0712. The van der Waals surface area contributed by atoms with Gasteiger partial charge in [-0.15, -0.1) is 12.4 Å². The summed E-state index contributed by atoms with van der Waals surface area (Å²) in [4.78, 5) is 21.0. The van der Waals surface area contributed by atoms with E-state index in [0.29, 0.717) is 5.69 Å². The molecule has 1 spiro atoms. The predicted molar refractivity (Wildman–Crippen MR) is 89.3 cm³/mol. The number of halogens is 1. The van der Waals surface area contributed by atoms with Gasteiger partial charge in [-0.2, -0.15) is 0 Å². The Morgan fingerprint density at radius 2 is 1.86 bits per heavy atom. The number of nitrogens with zero attached hydrogens (tertiary/aromatic N) is 2. The minimum absolute atomic E-state index is 0. The zero-order valence-electron chi connectivity index (χ0n) is 13.5. The Kier molecular flexibility index (Phi) is 4.78. The number of carbonyl (C=O) groups excluding carboxylic acids is 1. The summed E-state index contributed by atoms with van der Waals surface area (Å²) in [5.74, 6) is 1.09. The summed E-state index contributed by atoms with van der Waals surface area (Å²) < 4.78 is 0. The van der Waals surface area contributed by atoms with E-state index in [4.69, 9.17) is 0 Å². The van der Waals surface area contributed by atoms with Crippen LogP contribution in [0, 0.1) is 11.3 Å². The molecule has 122 valence electrons. The summed E-state index contributed by atoms with van der Waals surface area (Å²) in [7, 11) is 0. The zero-order chi connectivity index (χ0) is 15.1. The molecule has 1 amide bonds. The fourth-order valence-electron chi connectivity index (χ4n) is 3.20. The number of amides is 1. The number of hydrogen-bond donors (Lipinski definition) is 2. The molecule has 0 aromatic carbocycles. The lowest BCUT2D eigenvalue weighted by atomic mass is 9.92. The van der Waals surface area contributed by atoms with Gasteiger partial charge in [0.15, 0.2) is 0 Å². The van der Waals surface area contributed by atoms with E-state index in [0.717, 1.165) is 38.2 Å². The van der Waals surface area contributed by atoms with Gasteiger partial charge in [0.1, 0.15) is 5.82 Å². The van der Waals surface area contributed by atoms with E-state index in [2.05, 4.69) is 41.4 Å². The van der Waals surface area contributed by atoms with Gasteiger partial charge in [-0.1, -0.05) is 20.8 Å². The first-order valence-electron chi connectivity index (χ1n) is 7.75. The molecule has 1 aliphatic heterocycles. The number of piperidine rings is 1. The molecule has 1 unspecified atom stereocenters. The van der Waals surface area contributed by atoms with Gasteiger partial charge in [-0.3, -0.25) is 4.79 Å². The second-order valence-corrected chi connectivity index (χ2v) is 7.40. The van der Waals surface area contributed by atoms with Crippen molar-refractivity contribution in [3.63, 3.8) is 0 Å². The molecule has 2 aliphatic rings. The molecule has 22 heavy (non-hydrogen) atoms.